The van der Waals surface area contributed by atoms with Gasteiger partial charge >= 0.3 is 12.1 Å². The van der Waals surface area contributed by atoms with Gasteiger partial charge in [0.2, 0.25) is 0 Å². The second kappa shape index (κ2) is 8.22. The fourth-order valence-corrected chi connectivity index (χ4v) is 2.84. The number of nitrogens with zero attached hydrogens (tertiary/aromatic N) is 2. The number of carboxylic acids is 1. The average molecular weight is 449 g/mol. The van der Waals surface area contributed by atoms with E-state index in [-0.39, 0.29) is 40.3 Å². The fourth-order valence-electron chi connectivity index (χ4n) is 2.68. The zero-order valence-electron chi connectivity index (χ0n) is 14.3. The van der Waals surface area contributed by atoms with Crippen LogP contribution in [0.2, 0.25) is 0 Å². The van der Waals surface area contributed by atoms with Gasteiger partial charge in [-0.1, -0.05) is 34.1 Å². The van der Waals surface area contributed by atoms with Crippen molar-refractivity contribution in [2.75, 3.05) is 11.9 Å². The number of carboxylic acid groups (broad SMARTS) is 2. The lowest BCUT2D eigenvalue weighted by molar-refractivity contribution is 0.0693. The monoisotopic (exact) mass is 448 g/mol. The lowest BCUT2D eigenvalue weighted by Crippen LogP contribution is -2.10. The second-order valence-electron chi connectivity index (χ2n) is 5.64. The van der Waals surface area contributed by atoms with Crippen molar-refractivity contribution in [3.8, 4) is 5.75 Å². The normalized spacial score (nSPS) is 11.2. The van der Waals surface area contributed by atoms with E-state index >= 15 is 0 Å². The molecule has 9 heteroatoms. The van der Waals surface area contributed by atoms with Crippen LogP contribution in [0.1, 0.15) is 21.6 Å². The molecule has 7 nitrogen and oxygen atoms in total. The van der Waals surface area contributed by atoms with Crippen LogP contribution in [-0.2, 0) is 0 Å². The van der Waals surface area contributed by atoms with Crippen molar-refractivity contribution in [2.24, 2.45) is 0 Å². The Morgan fingerprint density at radius 1 is 1.14 bits per heavy atom. The zero-order chi connectivity index (χ0) is 20.3. The second-order valence-corrected chi connectivity index (χ2v) is 6.44. The third kappa shape index (κ3) is 3.89. The molecule has 0 fully saturated rings. The maximum Gasteiger partial charge on any atom is 0.432 e. The Hall–Kier alpha value is -3.20. The first-order valence-electron chi connectivity index (χ1n) is 8.07. The molecular weight excluding hydrogens is 435 g/mol. The minimum Gasteiger partial charge on any atom is -0.491 e. The van der Waals surface area contributed by atoms with E-state index in [0.717, 1.165) is 4.68 Å². The third-order valence-corrected chi connectivity index (χ3v) is 4.19. The minimum atomic E-state index is -1.32. The van der Waals surface area contributed by atoms with Crippen molar-refractivity contribution < 1.29 is 28.9 Å². The van der Waals surface area contributed by atoms with Gasteiger partial charge in [-0.2, -0.15) is 9.78 Å². The van der Waals surface area contributed by atoms with Crippen molar-refractivity contribution in [1.29, 1.82) is 0 Å². The topological polar surface area (TPSA) is 102 Å². The lowest BCUT2D eigenvalue weighted by Gasteiger charge is -2.10. The Balaban J connectivity index is 2.22. The predicted molar refractivity (Wildman–Crippen MR) is 105 cm³/mol. The highest BCUT2D eigenvalue weighted by molar-refractivity contribution is 9.09. The Labute approximate surface area is 166 Å². The largest absolute Gasteiger partial charge is 0.491 e. The molecule has 0 aliphatic rings. The number of hydrogen-bond acceptors (Lipinski definition) is 4. The van der Waals surface area contributed by atoms with Gasteiger partial charge in [0.05, 0.1) is 23.2 Å². The van der Waals surface area contributed by atoms with E-state index in [0.29, 0.717) is 10.9 Å². The molecule has 2 aromatic carbocycles. The number of aromatic nitrogens is 2. The molecule has 1 aromatic heterocycles. The average Bonchev–Trinajstić information content (AvgIpc) is 3.05. The van der Waals surface area contributed by atoms with Gasteiger partial charge in [-0.25, -0.2) is 14.0 Å². The van der Waals surface area contributed by atoms with Gasteiger partial charge in [0.15, 0.2) is 0 Å². The Morgan fingerprint density at radius 2 is 1.86 bits per heavy atom. The number of carbonyl (C=O) groups is 2. The maximum atomic E-state index is 13.1. The first kappa shape index (κ1) is 19.6. The molecule has 0 saturated carbocycles. The number of ether oxygens (including phenoxy) is 1. The SMILES string of the molecule is O=C(O)c1ccc2c(c(/C=C/c3ccc(F)cc3)nn2C(=O)O)c1OCCBr. The molecule has 0 unspecified atom stereocenters. The summed E-state index contributed by atoms with van der Waals surface area (Å²) in [5, 5.41) is 23.7. The molecule has 3 aromatic rings. The van der Waals surface area contributed by atoms with Crippen LogP contribution in [0.4, 0.5) is 9.18 Å². The molecule has 0 spiro atoms. The number of alkyl halides is 1. The van der Waals surface area contributed by atoms with Crippen molar-refractivity contribution in [1.82, 2.24) is 9.78 Å². The quantitative estimate of drug-likeness (QED) is 0.543. The van der Waals surface area contributed by atoms with Crippen molar-refractivity contribution in [3.63, 3.8) is 0 Å². The summed E-state index contributed by atoms with van der Waals surface area (Å²) < 4.78 is 19.4. The molecule has 0 saturated heterocycles. The summed E-state index contributed by atoms with van der Waals surface area (Å²) in [7, 11) is 0. The number of fused-ring (bicyclic) bond motifs is 1. The van der Waals surface area contributed by atoms with E-state index in [9.17, 15) is 24.2 Å². The summed E-state index contributed by atoms with van der Waals surface area (Å²) in [4.78, 5) is 23.2. The third-order valence-electron chi connectivity index (χ3n) is 3.87. The lowest BCUT2D eigenvalue weighted by atomic mass is 10.1. The predicted octanol–water partition coefficient (Wildman–Crippen LogP) is 4.34. The Bertz CT molecular complexity index is 1080. The molecular formula is C19H14BrFN2O5. The van der Waals surface area contributed by atoms with Gasteiger partial charge in [-0.3, -0.25) is 0 Å². The van der Waals surface area contributed by atoms with E-state index in [1.54, 1.807) is 18.2 Å². The number of rotatable bonds is 6. The van der Waals surface area contributed by atoms with Crippen LogP contribution >= 0.6 is 15.9 Å². The number of halogens is 2. The molecule has 3 rings (SSSR count). The highest BCUT2D eigenvalue weighted by atomic mass is 79.9. The Kier molecular flexibility index (Phi) is 5.74. The molecule has 0 atom stereocenters. The summed E-state index contributed by atoms with van der Waals surface area (Å²) in [5.74, 6) is -1.55. The summed E-state index contributed by atoms with van der Waals surface area (Å²) in [6.45, 7) is 0.179. The number of aromatic carboxylic acids is 1. The molecule has 28 heavy (non-hydrogen) atoms. The van der Waals surface area contributed by atoms with E-state index in [4.69, 9.17) is 4.74 Å². The maximum absolute atomic E-state index is 13.1. The van der Waals surface area contributed by atoms with Gasteiger partial charge in [-0.05, 0) is 35.9 Å². The van der Waals surface area contributed by atoms with E-state index < -0.39 is 12.1 Å². The van der Waals surface area contributed by atoms with Crippen molar-refractivity contribution in [2.45, 2.75) is 0 Å². The highest BCUT2D eigenvalue weighted by Crippen LogP contribution is 2.34. The molecule has 144 valence electrons. The van der Waals surface area contributed by atoms with Gasteiger partial charge in [0.1, 0.15) is 17.1 Å². The zero-order valence-corrected chi connectivity index (χ0v) is 15.9. The van der Waals surface area contributed by atoms with Gasteiger partial charge < -0.3 is 14.9 Å². The van der Waals surface area contributed by atoms with Gasteiger partial charge in [-0.15, -0.1) is 0 Å². The smallest absolute Gasteiger partial charge is 0.432 e. The van der Waals surface area contributed by atoms with Gasteiger partial charge in [0.25, 0.3) is 0 Å². The van der Waals surface area contributed by atoms with E-state index in [1.165, 1.54) is 30.3 Å². The molecule has 0 aliphatic carbocycles. The summed E-state index contributed by atoms with van der Waals surface area (Å²) in [5.41, 5.74) is 0.974. The van der Waals surface area contributed by atoms with Crippen molar-refractivity contribution >= 4 is 51.0 Å². The Morgan fingerprint density at radius 3 is 2.46 bits per heavy atom. The van der Waals surface area contributed by atoms with Crippen LogP contribution in [0, 0.1) is 5.82 Å². The first-order valence-corrected chi connectivity index (χ1v) is 9.19. The molecule has 2 N–H and O–H groups in total. The summed E-state index contributed by atoms with van der Waals surface area (Å²) in [6.07, 6.45) is 1.83. The number of hydrogen-bond donors (Lipinski definition) is 2. The van der Waals surface area contributed by atoms with Crippen LogP contribution in [0.5, 0.6) is 5.75 Å². The summed E-state index contributed by atoms with van der Waals surface area (Å²) >= 11 is 3.21. The molecule has 0 radical (unpaired) electrons. The van der Waals surface area contributed by atoms with E-state index in [1.807, 2.05) is 0 Å². The minimum absolute atomic E-state index is 0.0377. The summed E-state index contributed by atoms with van der Waals surface area (Å²) in [6, 6.07) is 8.33. The van der Waals surface area contributed by atoms with Crippen LogP contribution in [0.25, 0.3) is 23.1 Å². The van der Waals surface area contributed by atoms with Crippen molar-refractivity contribution in [3.05, 3.63) is 59.0 Å². The molecule has 0 aliphatic heterocycles. The van der Waals surface area contributed by atoms with Crippen LogP contribution in [0.3, 0.4) is 0 Å². The molecule has 1 heterocycles. The fraction of sp³-hybridized carbons (Fsp3) is 0.105. The van der Waals surface area contributed by atoms with Crippen LogP contribution < -0.4 is 4.74 Å². The number of benzene rings is 2. The van der Waals surface area contributed by atoms with E-state index in [2.05, 4.69) is 21.0 Å². The highest BCUT2D eigenvalue weighted by Gasteiger charge is 2.22. The molecule has 0 amide bonds. The van der Waals surface area contributed by atoms with Gasteiger partial charge in [0, 0.05) is 5.33 Å². The molecule has 0 bridgehead atoms. The van der Waals surface area contributed by atoms with Crippen LogP contribution in [-0.4, -0.2) is 44.0 Å². The van der Waals surface area contributed by atoms with Crippen LogP contribution in [0.15, 0.2) is 36.4 Å². The first-order chi connectivity index (χ1) is 13.4. The standard InChI is InChI=1S/C19H14BrFN2O5/c20-9-10-28-17-13(18(24)25)6-8-15-16(17)14(22-23(15)19(26)27)7-3-11-1-4-12(21)5-2-11/h1-8H,9-10H2,(H,24,25)(H,26,27)/b7-3+.